The first kappa shape index (κ1) is 13.7. The second-order valence-corrected chi connectivity index (χ2v) is 6.74. The van der Waals surface area contributed by atoms with Crippen molar-refractivity contribution in [2.75, 3.05) is 5.32 Å². The van der Waals surface area contributed by atoms with Gasteiger partial charge in [0.2, 0.25) is 11.9 Å². The van der Waals surface area contributed by atoms with Gasteiger partial charge in [-0.3, -0.25) is 14.7 Å². The molecule has 22 heavy (non-hydrogen) atoms. The molecule has 1 amide bonds. The number of fused-ring (bicyclic) bond motifs is 4. The number of hydrogen-bond acceptors (Lipinski definition) is 3. The van der Waals surface area contributed by atoms with Crippen molar-refractivity contribution in [2.24, 2.45) is 11.3 Å². The molecule has 0 radical (unpaired) electrons. The van der Waals surface area contributed by atoms with Crippen molar-refractivity contribution in [1.82, 2.24) is 14.5 Å². The fraction of sp³-hybridized carbons (Fsp3) is 0.588. The fourth-order valence-corrected chi connectivity index (χ4v) is 4.18. The van der Waals surface area contributed by atoms with E-state index < -0.39 is 0 Å². The number of anilines is 1. The van der Waals surface area contributed by atoms with Crippen LogP contribution in [0, 0.1) is 11.3 Å². The zero-order chi connectivity index (χ0) is 15.2. The van der Waals surface area contributed by atoms with Gasteiger partial charge in [-0.05, 0) is 63.5 Å². The van der Waals surface area contributed by atoms with Gasteiger partial charge in [0.25, 0.3) is 0 Å². The number of nitrogens with zero attached hydrogens (tertiary/aromatic N) is 3. The third-order valence-corrected chi connectivity index (χ3v) is 5.62. The molecule has 1 N–H and O–H groups in total. The maximum Gasteiger partial charge on any atom is 0.232 e. The van der Waals surface area contributed by atoms with Crippen LogP contribution in [0.3, 0.4) is 0 Å². The summed E-state index contributed by atoms with van der Waals surface area (Å²) in [6, 6.07) is 3.82. The molecule has 0 atom stereocenters. The standard InChI is InChI=1S/C17H22N4O/c1-2-21-14-13(4-3-11-18-14)19-16(21)20-15(22)17-8-5-12(6-9-17)7-10-17/h3-4,11-12H,2,5-10H2,1H3,(H,19,20,22). The number of hydrogen-bond donors (Lipinski definition) is 1. The van der Waals surface area contributed by atoms with Crippen LogP contribution in [0.1, 0.15) is 45.4 Å². The minimum Gasteiger partial charge on any atom is -0.295 e. The Bertz CT molecular complexity index is 699. The van der Waals surface area contributed by atoms with Gasteiger partial charge in [0, 0.05) is 18.2 Å². The van der Waals surface area contributed by atoms with E-state index in [1.165, 1.54) is 19.3 Å². The highest BCUT2D eigenvalue weighted by atomic mass is 16.2. The van der Waals surface area contributed by atoms with Crippen LogP contribution < -0.4 is 5.32 Å². The Kier molecular flexibility index (Phi) is 3.17. The van der Waals surface area contributed by atoms with Gasteiger partial charge < -0.3 is 0 Å². The van der Waals surface area contributed by atoms with Crippen LogP contribution in [0.4, 0.5) is 5.95 Å². The summed E-state index contributed by atoms with van der Waals surface area (Å²) in [7, 11) is 0. The topological polar surface area (TPSA) is 59.8 Å². The van der Waals surface area contributed by atoms with Crippen LogP contribution in [0.25, 0.3) is 11.2 Å². The summed E-state index contributed by atoms with van der Waals surface area (Å²) >= 11 is 0. The molecule has 2 aromatic heterocycles. The van der Waals surface area contributed by atoms with E-state index in [0.29, 0.717) is 5.95 Å². The normalized spacial score (nSPS) is 27.2. The molecule has 0 saturated heterocycles. The third-order valence-electron chi connectivity index (χ3n) is 5.62. The second-order valence-electron chi connectivity index (χ2n) is 6.74. The Hall–Kier alpha value is -1.91. The number of aryl methyl sites for hydroxylation is 1. The van der Waals surface area contributed by atoms with Crippen LogP contribution in [0.2, 0.25) is 0 Å². The lowest BCUT2D eigenvalue weighted by atomic mass is 9.60. The summed E-state index contributed by atoms with van der Waals surface area (Å²) in [5.41, 5.74) is 1.52. The van der Waals surface area contributed by atoms with Crippen molar-refractivity contribution in [1.29, 1.82) is 0 Å². The quantitative estimate of drug-likeness (QED) is 0.945. The highest BCUT2D eigenvalue weighted by Crippen LogP contribution is 2.50. The van der Waals surface area contributed by atoms with Gasteiger partial charge in [0.1, 0.15) is 5.52 Å². The lowest BCUT2D eigenvalue weighted by Crippen LogP contribution is -2.43. The molecule has 0 unspecified atom stereocenters. The van der Waals surface area contributed by atoms with Gasteiger partial charge in [-0.25, -0.2) is 9.97 Å². The number of nitrogens with one attached hydrogen (secondary N) is 1. The number of aromatic nitrogens is 3. The first-order valence-corrected chi connectivity index (χ1v) is 8.34. The molecule has 3 fully saturated rings. The zero-order valence-corrected chi connectivity index (χ0v) is 13.0. The summed E-state index contributed by atoms with van der Waals surface area (Å²) in [5.74, 6) is 1.66. The summed E-state index contributed by atoms with van der Waals surface area (Å²) in [6.45, 7) is 2.80. The largest absolute Gasteiger partial charge is 0.295 e. The number of carbonyl (C=O) groups excluding carboxylic acids is 1. The number of rotatable bonds is 3. The molecule has 0 aromatic carbocycles. The van der Waals surface area contributed by atoms with E-state index in [2.05, 4.69) is 22.2 Å². The molecule has 5 rings (SSSR count). The molecule has 5 heteroatoms. The Balaban J connectivity index is 1.64. The van der Waals surface area contributed by atoms with E-state index in [1.807, 2.05) is 16.7 Å². The molecule has 5 nitrogen and oxygen atoms in total. The van der Waals surface area contributed by atoms with Crippen molar-refractivity contribution in [3.63, 3.8) is 0 Å². The smallest absolute Gasteiger partial charge is 0.232 e. The van der Waals surface area contributed by atoms with Gasteiger partial charge in [-0.2, -0.15) is 0 Å². The van der Waals surface area contributed by atoms with E-state index in [4.69, 9.17) is 0 Å². The predicted molar refractivity (Wildman–Crippen MR) is 85.5 cm³/mol. The fourth-order valence-electron chi connectivity index (χ4n) is 4.18. The minimum absolute atomic E-state index is 0.154. The van der Waals surface area contributed by atoms with Crippen LogP contribution in [-0.2, 0) is 11.3 Å². The summed E-state index contributed by atoms with van der Waals surface area (Å²) in [6.07, 6.45) is 8.50. The molecule has 2 heterocycles. The molecule has 3 aliphatic rings. The van der Waals surface area contributed by atoms with Gasteiger partial charge in [0.15, 0.2) is 5.65 Å². The van der Waals surface area contributed by atoms with Gasteiger partial charge >= 0.3 is 0 Å². The first-order chi connectivity index (χ1) is 10.7. The van der Waals surface area contributed by atoms with Crippen LogP contribution in [0.5, 0.6) is 0 Å². The number of pyridine rings is 1. The van der Waals surface area contributed by atoms with Crippen molar-refractivity contribution in [2.45, 2.75) is 52.0 Å². The molecule has 3 saturated carbocycles. The zero-order valence-electron chi connectivity index (χ0n) is 13.0. The first-order valence-electron chi connectivity index (χ1n) is 8.34. The summed E-state index contributed by atoms with van der Waals surface area (Å²) < 4.78 is 1.98. The second kappa shape index (κ2) is 5.07. The van der Waals surface area contributed by atoms with E-state index in [-0.39, 0.29) is 11.3 Å². The van der Waals surface area contributed by atoms with Crippen LogP contribution in [0.15, 0.2) is 18.3 Å². The number of amides is 1. The highest BCUT2D eigenvalue weighted by molar-refractivity contribution is 5.95. The minimum atomic E-state index is -0.154. The maximum absolute atomic E-state index is 12.9. The SMILES string of the molecule is CCn1c(NC(=O)C23CCC(CC2)CC3)nc2cccnc21. The Morgan fingerprint density at radius 2 is 2.09 bits per heavy atom. The summed E-state index contributed by atoms with van der Waals surface area (Å²) in [4.78, 5) is 21.9. The Labute approximate surface area is 130 Å². The van der Waals surface area contributed by atoms with Crippen LogP contribution >= 0.6 is 0 Å². The van der Waals surface area contributed by atoms with Crippen molar-refractivity contribution in [3.05, 3.63) is 18.3 Å². The molecule has 2 aromatic rings. The summed E-state index contributed by atoms with van der Waals surface area (Å²) in [5, 5.41) is 3.11. The molecule has 3 aliphatic carbocycles. The lowest BCUT2D eigenvalue weighted by Gasteiger charge is -2.45. The lowest BCUT2D eigenvalue weighted by molar-refractivity contribution is -0.131. The third kappa shape index (κ3) is 2.02. The van der Waals surface area contributed by atoms with E-state index >= 15 is 0 Å². The molecule has 2 bridgehead atoms. The van der Waals surface area contributed by atoms with Gasteiger partial charge in [-0.1, -0.05) is 0 Å². The predicted octanol–water partition coefficient (Wildman–Crippen LogP) is 3.36. The van der Waals surface area contributed by atoms with E-state index in [1.54, 1.807) is 6.20 Å². The van der Waals surface area contributed by atoms with Crippen molar-refractivity contribution in [3.8, 4) is 0 Å². The van der Waals surface area contributed by atoms with Crippen molar-refractivity contribution >= 4 is 23.0 Å². The van der Waals surface area contributed by atoms with Crippen LogP contribution in [-0.4, -0.2) is 20.4 Å². The Morgan fingerprint density at radius 1 is 1.36 bits per heavy atom. The van der Waals surface area contributed by atoms with E-state index in [9.17, 15) is 4.79 Å². The molecular formula is C17H22N4O. The number of imidazole rings is 1. The highest BCUT2D eigenvalue weighted by Gasteiger charge is 2.46. The molecule has 0 spiro atoms. The number of carbonyl (C=O) groups is 1. The van der Waals surface area contributed by atoms with Gasteiger partial charge in [0.05, 0.1) is 0 Å². The Morgan fingerprint density at radius 3 is 2.77 bits per heavy atom. The molecular weight excluding hydrogens is 276 g/mol. The average molecular weight is 298 g/mol. The van der Waals surface area contributed by atoms with Crippen molar-refractivity contribution < 1.29 is 4.79 Å². The maximum atomic E-state index is 12.9. The monoisotopic (exact) mass is 298 g/mol. The van der Waals surface area contributed by atoms with E-state index in [0.717, 1.165) is 42.9 Å². The van der Waals surface area contributed by atoms with Gasteiger partial charge in [-0.15, -0.1) is 0 Å². The molecule has 0 aliphatic heterocycles. The average Bonchev–Trinajstić information content (AvgIpc) is 2.93. The molecule has 116 valence electrons.